The average Bonchev–Trinajstić information content (AvgIpc) is 3.44. The summed E-state index contributed by atoms with van der Waals surface area (Å²) in [6, 6.07) is 14.9. The molecule has 1 aromatic heterocycles. The monoisotopic (exact) mass is 448 g/mol. The summed E-state index contributed by atoms with van der Waals surface area (Å²) in [6.45, 7) is 5.05. The number of methoxy groups -OCH3 is 1. The summed E-state index contributed by atoms with van der Waals surface area (Å²) in [5, 5.41) is 9.28. The minimum atomic E-state index is -0.0253. The normalized spacial score (nSPS) is 13.4. The zero-order valence-corrected chi connectivity index (χ0v) is 18.7. The number of hydrogen-bond donors (Lipinski definition) is 0. The van der Waals surface area contributed by atoms with E-state index in [1.54, 1.807) is 30.2 Å². The first-order valence-corrected chi connectivity index (χ1v) is 11.3. The Hall–Kier alpha value is -3.39. The van der Waals surface area contributed by atoms with Gasteiger partial charge in [0.2, 0.25) is 5.91 Å². The zero-order chi connectivity index (χ0) is 22.5. The molecule has 1 aliphatic rings. The highest BCUT2D eigenvalue weighted by atomic mass is 32.2. The Bertz CT molecular complexity index is 1140. The molecule has 1 aliphatic heterocycles. The summed E-state index contributed by atoms with van der Waals surface area (Å²) >= 11 is 1.34. The molecule has 0 N–H and O–H groups in total. The molecule has 32 heavy (non-hydrogen) atoms. The van der Waals surface area contributed by atoms with Crippen molar-refractivity contribution in [1.29, 1.82) is 0 Å². The number of ketones is 1. The number of nitrogens with zero attached hydrogens (tertiary/aromatic N) is 4. The van der Waals surface area contributed by atoms with Gasteiger partial charge in [0.25, 0.3) is 0 Å². The first-order chi connectivity index (χ1) is 15.6. The minimum Gasteiger partial charge on any atom is -0.497 e. The predicted molar refractivity (Wildman–Crippen MR) is 125 cm³/mol. The molecule has 8 heteroatoms. The van der Waals surface area contributed by atoms with Gasteiger partial charge in [0, 0.05) is 36.3 Å². The molecule has 0 saturated carbocycles. The van der Waals surface area contributed by atoms with Crippen LogP contribution in [0.5, 0.6) is 5.75 Å². The lowest BCUT2D eigenvalue weighted by atomic mass is 10.1. The van der Waals surface area contributed by atoms with Gasteiger partial charge in [-0.15, -0.1) is 16.8 Å². The van der Waals surface area contributed by atoms with Gasteiger partial charge >= 0.3 is 0 Å². The quantitative estimate of drug-likeness (QED) is 0.277. The number of anilines is 1. The van der Waals surface area contributed by atoms with Gasteiger partial charge in [-0.3, -0.25) is 14.2 Å². The van der Waals surface area contributed by atoms with Crippen molar-refractivity contribution in [1.82, 2.24) is 14.8 Å². The number of allylic oxidation sites excluding steroid dienone is 1. The number of benzene rings is 2. The SMILES string of the molecule is C=CCn1c(SCC(=O)c2cccc(N3CCCC3=O)c2)nnc1-c1ccc(OC)cc1. The number of rotatable bonds is 9. The van der Waals surface area contributed by atoms with Crippen molar-refractivity contribution in [3.63, 3.8) is 0 Å². The summed E-state index contributed by atoms with van der Waals surface area (Å²) in [5.74, 6) is 1.77. The maximum Gasteiger partial charge on any atom is 0.227 e. The Morgan fingerprint density at radius 1 is 1.22 bits per heavy atom. The van der Waals surface area contributed by atoms with E-state index in [9.17, 15) is 9.59 Å². The predicted octanol–water partition coefficient (Wildman–Crippen LogP) is 4.24. The largest absolute Gasteiger partial charge is 0.497 e. The third kappa shape index (κ3) is 4.60. The van der Waals surface area contributed by atoms with Crippen molar-refractivity contribution in [2.45, 2.75) is 24.5 Å². The Morgan fingerprint density at radius 2 is 2.03 bits per heavy atom. The molecule has 1 fully saturated rings. The number of amides is 1. The summed E-state index contributed by atoms with van der Waals surface area (Å²) in [7, 11) is 1.62. The molecule has 164 valence electrons. The Labute approximate surface area is 191 Å². The molecule has 0 aliphatic carbocycles. The van der Waals surface area contributed by atoms with Gasteiger partial charge < -0.3 is 9.64 Å². The van der Waals surface area contributed by atoms with Crippen LogP contribution in [0, 0.1) is 0 Å². The van der Waals surface area contributed by atoms with E-state index in [0.717, 1.165) is 23.4 Å². The maximum absolute atomic E-state index is 12.9. The van der Waals surface area contributed by atoms with Crippen LogP contribution in [0.3, 0.4) is 0 Å². The minimum absolute atomic E-state index is 0.0253. The first kappa shape index (κ1) is 21.8. The van der Waals surface area contributed by atoms with Gasteiger partial charge in [-0.05, 0) is 42.8 Å². The maximum atomic E-state index is 12.9. The number of carbonyl (C=O) groups is 2. The summed E-state index contributed by atoms with van der Waals surface area (Å²) in [6.07, 6.45) is 3.19. The molecule has 3 aromatic rings. The van der Waals surface area contributed by atoms with Crippen molar-refractivity contribution >= 4 is 29.1 Å². The second-order valence-electron chi connectivity index (χ2n) is 7.35. The van der Waals surface area contributed by atoms with E-state index in [-0.39, 0.29) is 17.4 Å². The lowest BCUT2D eigenvalue weighted by Crippen LogP contribution is -2.23. The molecule has 0 radical (unpaired) electrons. The second kappa shape index (κ2) is 9.82. The molecular formula is C24H24N4O3S. The highest BCUT2D eigenvalue weighted by Gasteiger charge is 2.22. The van der Waals surface area contributed by atoms with Crippen LogP contribution in [-0.4, -0.2) is 45.9 Å². The fourth-order valence-electron chi connectivity index (χ4n) is 3.62. The summed E-state index contributed by atoms with van der Waals surface area (Å²) < 4.78 is 7.16. The lowest BCUT2D eigenvalue weighted by Gasteiger charge is -2.16. The molecule has 1 amide bonds. The van der Waals surface area contributed by atoms with Crippen LogP contribution in [0.2, 0.25) is 0 Å². The molecule has 0 bridgehead atoms. The molecular weight excluding hydrogens is 424 g/mol. The van der Waals surface area contributed by atoms with E-state index < -0.39 is 0 Å². The van der Waals surface area contributed by atoms with Gasteiger partial charge in [0.15, 0.2) is 16.8 Å². The number of hydrogen-bond acceptors (Lipinski definition) is 6. The summed E-state index contributed by atoms with van der Waals surface area (Å²) in [4.78, 5) is 26.6. The van der Waals surface area contributed by atoms with Gasteiger partial charge in [-0.1, -0.05) is 30.0 Å². The number of aromatic nitrogens is 3. The van der Waals surface area contributed by atoms with Gasteiger partial charge in [-0.2, -0.15) is 0 Å². The molecule has 1 saturated heterocycles. The second-order valence-corrected chi connectivity index (χ2v) is 8.29. The van der Waals surface area contributed by atoms with E-state index in [4.69, 9.17) is 4.74 Å². The molecule has 2 heterocycles. The zero-order valence-electron chi connectivity index (χ0n) is 17.9. The van der Waals surface area contributed by atoms with Crippen LogP contribution in [0.25, 0.3) is 11.4 Å². The van der Waals surface area contributed by atoms with Gasteiger partial charge in [0.1, 0.15) is 5.75 Å². The van der Waals surface area contributed by atoms with Crippen molar-refractivity contribution in [3.05, 3.63) is 66.7 Å². The smallest absolute Gasteiger partial charge is 0.227 e. The highest BCUT2D eigenvalue weighted by Crippen LogP contribution is 2.27. The van der Waals surface area contributed by atoms with Crippen LogP contribution in [0.15, 0.2) is 66.3 Å². The molecule has 0 atom stereocenters. The first-order valence-electron chi connectivity index (χ1n) is 10.4. The van der Waals surface area contributed by atoms with E-state index in [0.29, 0.717) is 36.1 Å². The van der Waals surface area contributed by atoms with Crippen molar-refractivity contribution in [2.75, 3.05) is 24.3 Å². The van der Waals surface area contributed by atoms with Crippen LogP contribution in [0.1, 0.15) is 23.2 Å². The number of carbonyl (C=O) groups excluding carboxylic acids is 2. The fraction of sp³-hybridized carbons (Fsp3) is 0.250. The Morgan fingerprint density at radius 3 is 2.72 bits per heavy atom. The third-order valence-electron chi connectivity index (χ3n) is 5.26. The van der Waals surface area contributed by atoms with Crippen LogP contribution >= 0.6 is 11.8 Å². The fourth-order valence-corrected chi connectivity index (χ4v) is 4.47. The molecule has 7 nitrogen and oxygen atoms in total. The average molecular weight is 449 g/mol. The topological polar surface area (TPSA) is 77.3 Å². The van der Waals surface area contributed by atoms with Crippen molar-refractivity contribution in [3.8, 4) is 17.1 Å². The Kier molecular flexibility index (Phi) is 6.70. The Balaban J connectivity index is 1.50. The van der Waals surface area contributed by atoms with E-state index in [2.05, 4.69) is 16.8 Å². The van der Waals surface area contributed by atoms with Gasteiger partial charge in [-0.25, -0.2) is 0 Å². The van der Waals surface area contributed by atoms with E-state index in [1.165, 1.54) is 11.8 Å². The van der Waals surface area contributed by atoms with E-state index >= 15 is 0 Å². The van der Waals surface area contributed by atoms with Crippen LogP contribution < -0.4 is 9.64 Å². The van der Waals surface area contributed by atoms with Gasteiger partial charge in [0.05, 0.1) is 12.9 Å². The van der Waals surface area contributed by atoms with Crippen molar-refractivity contribution in [2.24, 2.45) is 0 Å². The third-order valence-corrected chi connectivity index (χ3v) is 6.23. The number of ether oxygens (including phenoxy) is 1. The van der Waals surface area contributed by atoms with E-state index in [1.807, 2.05) is 41.0 Å². The summed E-state index contributed by atoms with van der Waals surface area (Å²) in [5.41, 5.74) is 2.26. The number of thioether (sulfide) groups is 1. The number of Topliss-reactive ketones (excluding diaryl/α,β-unsaturated/α-hetero) is 1. The van der Waals surface area contributed by atoms with Crippen LogP contribution in [0.4, 0.5) is 5.69 Å². The highest BCUT2D eigenvalue weighted by molar-refractivity contribution is 7.99. The standard InChI is InChI=1S/C24H24N4O3S/c1-3-13-28-23(17-9-11-20(31-2)12-10-17)25-26-24(28)32-16-21(29)18-6-4-7-19(15-18)27-14-5-8-22(27)30/h3-4,6-7,9-12,15H,1,5,8,13-14,16H2,2H3. The van der Waals surface area contributed by atoms with Crippen molar-refractivity contribution < 1.29 is 14.3 Å². The molecule has 0 unspecified atom stereocenters. The lowest BCUT2D eigenvalue weighted by molar-refractivity contribution is -0.117. The molecule has 4 rings (SSSR count). The molecule has 0 spiro atoms. The molecule has 2 aromatic carbocycles. The van der Waals surface area contributed by atoms with Crippen LogP contribution in [-0.2, 0) is 11.3 Å².